The molecule has 0 aliphatic heterocycles. The molecule has 2 amide bonds. The summed E-state index contributed by atoms with van der Waals surface area (Å²) in [4.78, 5) is 16.2. The van der Waals surface area contributed by atoms with Gasteiger partial charge in [-0.05, 0) is 55.0 Å². The highest BCUT2D eigenvalue weighted by Crippen LogP contribution is 2.29. The smallest absolute Gasteiger partial charge is 0.319 e. The summed E-state index contributed by atoms with van der Waals surface area (Å²) in [5.41, 5.74) is 7.05. The Morgan fingerprint density at radius 2 is 1.74 bits per heavy atom. The second-order valence-electron chi connectivity index (χ2n) is 6.72. The molecular formula is C21H22Cl3N5O4S. The Hall–Kier alpha value is -2.76. The van der Waals surface area contributed by atoms with Crippen molar-refractivity contribution in [3.05, 3.63) is 76.4 Å². The molecule has 2 aromatic carbocycles. The van der Waals surface area contributed by atoms with Crippen LogP contribution in [0, 0.1) is 0 Å². The van der Waals surface area contributed by atoms with Gasteiger partial charge in [0.25, 0.3) is 10.0 Å². The van der Waals surface area contributed by atoms with Crippen molar-refractivity contribution in [3.63, 3.8) is 0 Å². The van der Waals surface area contributed by atoms with Gasteiger partial charge in [-0.2, -0.15) is 0 Å². The van der Waals surface area contributed by atoms with E-state index < -0.39 is 22.1 Å². The van der Waals surface area contributed by atoms with Gasteiger partial charge in [-0.15, -0.1) is 0 Å². The fourth-order valence-corrected chi connectivity index (χ4v) is 4.16. The van der Waals surface area contributed by atoms with Crippen LogP contribution < -0.4 is 21.1 Å². The van der Waals surface area contributed by atoms with E-state index in [1.807, 2.05) is 0 Å². The maximum atomic E-state index is 12.5. The summed E-state index contributed by atoms with van der Waals surface area (Å²) in [6.07, 6.45) is 1.35. The van der Waals surface area contributed by atoms with E-state index >= 15 is 0 Å². The average Bonchev–Trinajstić information content (AvgIpc) is 2.78. The molecule has 0 radical (unpaired) electrons. The number of nitrogens with zero attached hydrogens (tertiary/aromatic N) is 1. The van der Waals surface area contributed by atoms with E-state index in [-0.39, 0.29) is 10.7 Å². The van der Waals surface area contributed by atoms with E-state index in [2.05, 4.69) is 36.5 Å². The molecule has 0 bridgehead atoms. The molecule has 0 aliphatic carbocycles. The first-order valence-corrected chi connectivity index (χ1v) is 12.1. The van der Waals surface area contributed by atoms with Gasteiger partial charge in [-0.25, -0.2) is 18.2 Å². The number of anilines is 3. The molecule has 1 atom stereocenters. The van der Waals surface area contributed by atoms with Crippen LogP contribution in [0.15, 0.2) is 65.7 Å². The Balaban J connectivity index is 0.00000129. The number of hydrogen-bond acceptors (Lipinski definition) is 6. The largest absolute Gasteiger partial charge is 0.397 e. The summed E-state index contributed by atoms with van der Waals surface area (Å²) < 4.78 is 31.0. The summed E-state index contributed by atoms with van der Waals surface area (Å²) in [5.74, 6) is 0.143. The van der Waals surface area contributed by atoms with E-state index in [0.29, 0.717) is 27.0 Å². The zero-order chi connectivity index (χ0) is 25.3. The number of nitrogens with two attached hydrogens (primary N) is 1. The molecule has 1 unspecified atom stereocenters. The highest BCUT2D eigenvalue weighted by atomic mass is 35.5. The zero-order valence-electron chi connectivity index (χ0n) is 18.1. The van der Waals surface area contributed by atoms with Crippen molar-refractivity contribution in [2.24, 2.45) is 0 Å². The van der Waals surface area contributed by atoms with E-state index in [9.17, 15) is 13.2 Å². The van der Waals surface area contributed by atoms with Crippen molar-refractivity contribution in [3.8, 4) is 0 Å². The minimum absolute atomic E-state index is 0.0103. The number of halogens is 3. The molecule has 1 heterocycles. The van der Waals surface area contributed by atoms with E-state index in [4.69, 9.17) is 28.9 Å². The van der Waals surface area contributed by atoms with Crippen LogP contribution in [0.25, 0.3) is 0 Å². The quantitative estimate of drug-likeness (QED) is 0.325. The Morgan fingerprint density at radius 1 is 1.09 bits per heavy atom. The molecule has 0 fully saturated rings. The summed E-state index contributed by atoms with van der Waals surface area (Å²) in [6.45, 7) is 1.77. The van der Waals surface area contributed by atoms with Gasteiger partial charge in [0.1, 0.15) is 5.82 Å². The van der Waals surface area contributed by atoms with Crippen molar-refractivity contribution in [2.45, 2.75) is 17.9 Å². The summed E-state index contributed by atoms with van der Waals surface area (Å²) in [5, 5.41) is 6.16. The van der Waals surface area contributed by atoms with Gasteiger partial charge >= 0.3 is 6.03 Å². The van der Waals surface area contributed by atoms with E-state index in [1.54, 1.807) is 25.1 Å². The van der Waals surface area contributed by atoms with Crippen molar-refractivity contribution in [1.29, 1.82) is 0 Å². The standard InChI is InChI=1S/C20H19Cl2N5O3S.CH3ClO/c1-12(16-3-2-4-17(21)19(16)22)25-20(28)26-14-6-8-15(9-7-14)31(29,30)27-18-10-5-13(23)11-24-18;1-3-2/h2-12H,23H2,1H3,(H,24,27)(H2,25,26,28);1H3. The van der Waals surface area contributed by atoms with Crippen LogP contribution in [0.4, 0.5) is 22.0 Å². The number of carbonyl (C=O) groups excluding carboxylic acids is 1. The van der Waals surface area contributed by atoms with Gasteiger partial charge in [0.15, 0.2) is 0 Å². The third kappa shape index (κ3) is 7.93. The zero-order valence-corrected chi connectivity index (χ0v) is 21.1. The maximum absolute atomic E-state index is 12.5. The van der Waals surface area contributed by atoms with Gasteiger partial charge < -0.3 is 16.4 Å². The fraction of sp³-hybridized carbons (Fsp3) is 0.143. The number of sulfonamides is 1. The predicted molar refractivity (Wildman–Crippen MR) is 136 cm³/mol. The van der Waals surface area contributed by atoms with E-state index in [1.165, 1.54) is 49.7 Å². The number of hydrogen-bond donors (Lipinski definition) is 4. The van der Waals surface area contributed by atoms with Crippen LogP contribution >= 0.6 is 35.1 Å². The molecule has 0 saturated heterocycles. The molecule has 0 saturated carbocycles. The van der Waals surface area contributed by atoms with Crippen molar-refractivity contribution in [2.75, 3.05) is 22.9 Å². The third-order valence-electron chi connectivity index (χ3n) is 4.24. The molecule has 9 nitrogen and oxygen atoms in total. The molecule has 34 heavy (non-hydrogen) atoms. The lowest BCUT2D eigenvalue weighted by atomic mass is 10.1. The Morgan fingerprint density at radius 3 is 2.32 bits per heavy atom. The van der Waals surface area contributed by atoms with Crippen LogP contribution in [-0.2, 0) is 14.3 Å². The second-order valence-corrected chi connectivity index (χ2v) is 9.50. The summed E-state index contributed by atoms with van der Waals surface area (Å²) >= 11 is 16.7. The normalized spacial score (nSPS) is 11.6. The molecule has 3 rings (SSSR count). The molecular weight excluding hydrogens is 525 g/mol. The topological polar surface area (TPSA) is 135 Å². The molecule has 182 valence electrons. The average molecular weight is 547 g/mol. The molecule has 3 aromatic rings. The Labute approximate surface area is 212 Å². The monoisotopic (exact) mass is 545 g/mol. The Bertz CT molecular complexity index is 1210. The third-order valence-corrected chi connectivity index (χ3v) is 6.45. The SMILES string of the molecule is CC(NC(=O)Nc1ccc(S(=O)(=O)Nc2ccc(N)cn2)cc1)c1cccc(Cl)c1Cl.COCl. The van der Waals surface area contributed by atoms with Crippen LogP contribution in [0.1, 0.15) is 18.5 Å². The maximum Gasteiger partial charge on any atom is 0.319 e. The Kier molecular flexibility index (Phi) is 10.2. The second kappa shape index (κ2) is 12.6. The number of aromatic nitrogens is 1. The molecule has 0 spiro atoms. The lowest BCUT2D eigenvalue weighted by Crippen LogP contribution is -2.31. The van der Waals surface area contributed by atoms with Gasteiger partial charge in [0.2, 0.25) is 0 Å². The van der Waals surface area contributed by atoms with Crippen LogP contribution in [0.3, 0.4) is 0 Å². The minimum Gasteiger partial charge on any atom is -0.397 e. The van der Waals surface area contributed by atoms with Crippen LogP contribution in [-0.4, -0.2) is 26.5 Å². The number of benzene rings is 2. The van der Waals surface area contributed by atoms with Gasteiger partial charge in [-0.3, -0.25) is 9.01 Å². The lowest BCUT2D eigenvalue weighted by Gasteiger charge is -2.17. The molecule has 0 aliphatic rings. The number of nitrogens with one attached hydrogen (secondary N) is 3. The van der Waals surface area contributed by atoms with Crippen LogP contribution in [0.2, 0.25) is 10.0 Å². The number of rotatable bonds is 6. The number of carbonyl (C=O) groups is 1. The first-order chi connectivity index (χ1) is 16.1. The van der Waals surface area contributed by atoms with Gasteiger partial charge in [0, 0.05) is 5.69 Å². The van der Waals surface area contributed by atoms with Crippen molar-refractivity contribution >= 4 is 68.3 Å². The molecule has 13 heteroatoms. The number of pyridine rings is 1. The fourth-order valence-electron chi connectivity index (χ4n) is 2.68. The lowest BCUT2D eigenvalue weighted by molar-refractivity contribution is 0.249. The number of nitrogen functional groups attached to an aromatic ring is 1. The van der Waals surface area contributed by atoms with E-state index in [0.717, 1.165) is 0 Å². The van der Waals surface area contributed by atoms with Crippen LogP contribution in [0.5, 0.6) is 0 Å². The van der Waals surface area contributed by atoms with Crippen molar-refractivity contribution in [1.82, 2.24) is 10.3 Å². The first-order valence-electron chi connectivity index (χ1n) is 9.58. The molecule has 1 aromatic heterocycles. The highest BCUT2D eigenvalue weighted by molar-refractivity contribution is 7.92. The number of urea groups is 1. The summed E-state index contributed by atoms with van der Waals surface area (Å²) in [7, 11) is -2.45. The van der Waals surface area contributed by atoms with Gasteiger partial charge in [-0.1, -0.05) is 35.3 Å². The summed E-state index contributed by atoms with van der Waals surface area (Å²) in [6, 6.07) is 13.0. The minimum atomic E-state index is -3.84. The molecule has 5 N–H and O–H groups in total. The van der Waals surface area contributed by atoms with Crippen molar-refractivity contribution < 1.29 is 17.5 Å². The highest BCUT2D eigenvalue weighted by Gasteiger charge is 2.16. The predicted octanol–water partition coefficient (Wildman–Crippen LogP) is 5.44. The first kappa shape index (κ1) is 27.5. The van der Waals surface area contributed by atoms with Gasteiger partial charge in [0.05, 0.1) is 51.8 Å². The number of amides is 2.